The first-order chi connectivity index (χ1) is 16.2. The first-order valence-electron chi connectivity index (χ1n) is 11.4. The van der Waals surface area contributed by atoms with Gasteiger partial charge >= 0.3 is 21.1 Å². The van der Waals surface area contributed by atoms with Crippen molar-refractivity contribution in [3.05, 3.63) is 95.3 Å². The second-order valence-electron chi connectivity index (χ2n) is 9.06. The second-order valence-corrected chi connectivity index (χ2v) is 9.06. The van der Waals surface area contributed by atoms with E-state index in [9.17, 15) is 0 Å². The maximum absolute atomic E-state index is 4.42. The number of hydrogen-bond acceptors (Lipinski definition) is 4. The van der Waals surface area contributed by atoms with E-state index in [4.69, 9.17) is 0 Å². The summed E-state index contributed by atoms with van der Waals surface area (Å²) >= 11 is 0. The Labute approximate surface area is 225 Å². The van der Waals surface area contributed by atoms with Gasteiger partial charge < -0.3 is 19.8 Å². The molecule has 4 aromatic rings. The molecule has 0 saturated heterocycles. The molecule has 0 fully saturated rings. The molecule has 2 aromatic heterocycles. The predicted octanol–water partition coefficient (Wildman–Crippen LogP) is 6.46. The van der Waals surface area contributed by atoms with Gasteiger partial charge in [-0.3, -0.25) is 0 Å². The first-order valence-corrected chi connectivity index (χ1v) is 11.4. The van der Waals surface area contributed by atoms with E-state index in [1.807, 2.05) is 64.8 Å². The number of aromatic nitrogens is 2. The minimum Gasteiger partial charge on any atom is -0.378 e. The van der Waals surface area contributed by atoms with E-state index in [2.05, 4.69) is 83.9 Å². The van der Waals surface area contributed by atoms with E-state index in [0.29, 0.717) is 0 Å². The van der Waals surface area contributed by atoms with Crippen LogP contribution in [0.2, 0.25) is 0 Å². The molecule has 0 aliphatic carbocycles. The Hall–Kier alpha value is -2.97. The van der Waals surface area contributed by atoms with E-state index >= 15 is 0 Å². The van der Waals surface area contributed by atoms with Gasteiger partial charge in [-0.05, 0) is 23.5 Å². The average Bonchev–Trinajstić information content (AvgIpc) is 2.79. The third-order valence-corrected chi connectivity index (χ3v) is 5.60. The summed E-state index contributed by atoms with van der Waals surface area (Å²) in [4.78, 5) is 13.0. The number of anilines is 2. The number of pyridine rings is 2. The van der Waals surface area contributed by atoms with Crippen molar-refractivity contribution < 1.29 is 21.1 Å². The molecule has 2 heterocycles. The number of aryl methyl sites for hydroxylation is 4. The molecule has 0 radical (unpaired) electrons. The summed E-state index contributed by atoms with van der Waals surface area (Å²) in [7, 11) is 8.13. The van der Waals surface area contributed by atoms with Crippen LogP contribution in [0.5, 0.6) is 0 Å². The predicted molar refractivity (Wildman–Crippen MR) is 145 cm³/mol. The van der Waals surface area contributed by atoms with Crippen LogP contribution in [0.25, 0.3) is 22.5 Å². The van der Waals surface area contributed by atoms with Crippen molar-refractivity contribution in [2.45, 2.75) is 27.7 Å². The van der Waals surface area contributed by atoms with Crippen LogP contribution >= 0.6 is 0 Å². The number of hydrogen-bond donors (Lipinski definition) is 0. The van der Waals surface area contributed by atoms with Crippen molar-refractivity contribution in [2.24, 2.45) is 0 Å². The maximum Gasteiger partial charge on any atom is 2.00 e. The Morgan fingerprint density at radius 1 is 0.600 bits per heavy atom. The van der Waals surface area contributed by atoms with Crippen LogP contribution in [-0.4, -0.2) is 38.2 Å². The fourth-order valence-corrected chi connectivity index (χ4v) is 3.73. The molecule has 0 aliphatic heterocycles. The first kappa shape index (κ1) is 28.3. The fraction of sp³-hybridized carbons (Fsp3) is 0.267. The second kappa shape index (κ2) is 12.7. The molecule has 0 spiro atoms. The van der Waals surface area contributed by atoms with Crippen LogP contribution in [0, 0.1) is 39.8 Å². The van der Waals surface area contributed by atoms with Gasteiger partial charge in [-0.25, -0.2) is 0 Å². The Morgan fingerprint density at radius 3 is 1.29 bits per heavy atom. The zero-order valence-corrected chi connectivity index (χ0v) is 24.2. The van der Waals surface area contributed by atoms with Crippen LogP contribution in [0.4, 0.5) is 11.4 Å². The van der Waals surface area contributed by atoms with Gasteiger partial charge in [-0.2, -0.15) is 0 Å². The van der Waals surface area contributed by atoms with Gasteiger partial charge in [0.1, 0.15) is 0 Å². The maximum atomic E-state index is 4.42. The van der Waals surface area contributed by atoms with Crippen LogP contribution in [0.15, 0.2) is 60.9 Å². The SMILES string of the molecule is Cc1c[c-]c(-c2cc(N(C)C)ccn2)c(C)c1.Cc1c[c-]c(-c2cc(N(C)C)ccn2)c(C)c1.[Pt+2]. The molecule has 5 heteroatoms. The standard InChI is InChI=1S/2C15H17N2.Pt/c2*1-11-5-6-14(12(2)9-11)15-10-13(17(3)4)7-8-16-15;/h2*5,7-10H,1-4H3;/q2*-1;+2. The van der Waals surface area contributed by atoms with Crippen molar-refractivity contribution in [3.63, 3.8) is 0 Å². The van der Waals surface area contributed by atoms with Crippen LogP contribution in [0.3, 0.4) is 0 Å². The Kier molecular flexibility index (Phi) is 10.2. The van der Waals surface area contributed by atoms with Gasteiger partial charge in [0, 0.05) is 52.0 Å². The molecule has 0 amide bonds. The van der Waals surface area contributed by atoms with E-state index in [1.165, 1.54) is 22.3 Å². The zero-order valence-electron chi connectivity index (χ0n) is 21.9. The van der Waals surface area contributed by atoms with Crippen LogP contribution in [-0.2, 0) is 21.1 Å². The summed E-state index contributed by atoms with van der Waals surface area (Å²) in [6.45, 7) is 8.36. The van der Waals surface area contributed by atoms with Gasteiger partial charge in [0.2, 0.25) is 0 Å². The van der Waals surface area contributed by atoms with Gasteiger partial charge in [0.25, 0.3) is 0 Å². The molecule has 0 unspecified atom stereocenters. The van der Waals surface area contributed by atoms with Crippen molar-refractivity contribution >= 4 is 11.4 Å². The molecule has 0 N–H and O–H groups in total. The molecule has 0 aliphatic rings. The molecule has 35 heavy (non-hydrogen) atoms. The molecule has 4 rings (SSSR count). The summed E-state index contributed by atoms with van der Waals surface area (Å²) in [6.07, 6.45) is 3.69. The Balaban J connectivity index is 0.000000240. The van der Waals surface area contributed by atoms with Crippen molar-refractivity contribution in [2.75, 3.05) is 38.0 Å². The number of nitrogens with zero attached hydrogens (tertiary/aromatic N) is 4. The van der Waals surface area contributed by atoms with E-state index in [-0.39, 0.29) is 21.1 Å². The molecule has 0 bridgehead atoms. The third kappa shape index (κ3) is 7.50. The zero-order chi connectivity index (χ0) is 24.8. The smallest absolute Gasteiger partial charge is 0.378 e. The van der Waals surface area contributed by atoms with Crippen molar-refractivity contribution in [1.29, 1.82) is 0 Å². The minimum atomic E-state index is 0. The van der Waals surface area contributed by atoms with Gasteiger partial charge in [-0.15, -0.1) is 69.8 Å². The molecular weight excluding hydrogens is 611 g/mol. The summed E-state index contributed by atoms with van der Waals surface area (Å²) < 4.78 is 0. The van der Waals surface area contributed by atoms with E-state index in [0.717, 1.165) is 33.9 Å². The van der Waals surface area contributed by atoms with Gasteiger partial charge in [0.15, 0.2) is 0 Å². The largest absolute Gasteiger partial charge is 2.00 e. The molecular formula is C30H34N4Pt. The molecule has 184 valence electrons. The molecule has 0 atom stereocenters. The molecule has 4 nitrogen and oxygen atoms in total. The fourth-order valence-electron chi connectivity index (χ4n) is 3.73. The van der Waals surface area contributed by atoms with Gasteiger partial charge in [0.05, 0.1) is 0 Å². The molecule has 2 aromatic carbocycles. The quantitative estimate of drug-likeness (QED) is 0.239. The molecule has 0 saturated carbocycles. The summed E-state index contributed by atoms with van der Waals surface area (Å²) in [6, 6.07) is 23.1. The van der Waals surface area contributed by atoms with Crippen LogP contribution in [0.1, 0.15) is 22.3 Å². The van der Waals surface area contributed by atoms with E-state index < -0.39 is 0 Å². The number of rotatable bonds is 4. The summed E-state index contributed by atoms with van der Waals surface area (Å²) in [5.41, 5.74) is 11.3. The number of benzene rings is 2. The Morgan fingerprint density at radius 2 is 0.971 bits per heavy atom. The van der Waals surface area contributed by atoms with Gasteiger partial charge in [-0.1, -0.05) is 39.8 Å². The van der Waals surface area contributed by atoms with Crippen molar-refractivity contribution in [1.82, 2.24) is 9.97 Å². The topological polar surface area (TPSA) is 32.3 Å². The van der Waals surface area contributed by atoms with Crippen molar-refractivity contribution in [3.8, 4) is 22.5 Å². The minimum absolute atomic E-state index is 0. The normalized spacial score (nSPS) is 10.1. The van der Waals surface area contributed by atoms with Crippen LogP contribution < -0.4 is 9.80 Å². The third-order valence-electron chi connectivity index (χ3n) is 5.60. The average molecular weight is 646 g/mol. The van der Waals surface area contributed by atoms with E-state index in [1.54, 1.807) is 0 Å². The summed E-state index contributed by atoms with van der Waals surface area (Å²) in [5.74, 6) is 0. The monoisotopic (exact) mass is 645 g/mol. The Bertz CT molecular complexity index is 1170. The summed E-state index contributed by atoms with van der Waals surface area (Å²) in [5, 5.41) is 0.